The van der Waals surface area contributed by atoms with Gasteiger partial charge < -0.3 is 19.9 Å². The van der Waals surface area contributed by atoms with Crippen molar-refractivity contribution in [2.75, 3.05) is 37.7 Å². The first-order valence-electron chi connectivity index (χ1n) is 9.79. The minimum Gasteiger partial charge on any atom is -0.494 e. The summed E-state index contributed by atoms with van der Waals surface area (Å²) in [6.07, 6.45) is 7.39. The zero-order valence-electron chi connectivity index (χ0n) is 15.4. The highest BCUT2D eigenvalue weighted by Crippen LogP contribution is 2.21. The molecule has 0 spiro atoms. The predicted octanol–water partition coefficient (Wildman–Crippen LogP) is 3.64. The molecule has 3 rings (SSSR count). The van der Waals surface area contributed by atoms with Crippen LogP contribution in [0.25, 0.3) is 0 Å². The topological polar surface area (TPSA) is 44.8 Å². The summed E-state index contributed by atoms with van der Waals surface area (Å²) in [5.41, 5.74) is 1.20. The van der Waals surface area contributed by atoms with Crippen LogP contribution in [0.4, 0.5) is 10.5 Å². The molecule has 0 aromatic heterocycles. The summed E-state index contributed by atoms with van der Waals surface area (Å²) in [4.78, 5) is 16.8. The lowest BCUT2D eigenvalue weighted by Crippen LogP contribution is -2.53. The lowest BCUT2D eigenvalue weighted by Gasteiger charge is -2.36. The third-order valence-electron chi connectivity index (χ3n) is 5.26. The SMILES string of the molecule is CCOc1ccc(N2CCN(C(=O)NC3CCCCCC3)CC2)cc1. The first-order chi connectivity index (χ1) is 12.3. The van der Waals surface area contributed by atoms with Gasteiger partial charge in [-0.3, -0.25) is 0 Å². The average Bonchev–Trinajstić information content (AvgIpc) is 2.91. The zero-order valence-corrected chi connectivity index (χ0v) is 15.4. The molecule has 1 aliphatic carbocycles. The highest BCUT2D eigenvalue weighted by molar-refractivity contribution is 5.75. The molecule has 0 atom stereocenters. The number of ether oxygens (including phenoxy) is 1. The van der Waals surface area contributed by atoms with Crippen LogP contribution in [0.15, 0.2) is 24.3 Å². The van der Waals surface area contributed by atoms with Crippen molar-refractivity contribution < 1.29 is 9.53 Å². The fraction of sp³-hybridized carbons (Fsp3) is 0.650. The van der Waals surface area contributed by atoms with Gasteiger partial charge in [-0.05, 0) is 44.0 Å². The lowest BCUT2D eigenvalue weighted by atomic mass is 10.1. The van der Waals surface area contributed by atoms with E-state index in [-0.39, 0.29) is 6.03 Å². The number of amides is 2. The largest absolute Gasteiger partial charge is 0.494 e. The highest BCUT2D eigenvalue weighted by atomic mass is 16.5. The standard InChI is InChI=1S/C20H31N3O2/c1-2-25-19-11-9-18(10-12-19)22-13-15-23(16-14-22)20(24)21-17-7-5-3-4-6-8-17/h9-12,17H,2-8,13-16H2,1H3,(H,21,24). The van der Waals surface area contributed by atoms with Crippen molar-refractivity contribution in [2.45, 2.75) is 51.5 Å². The number of benzene rings is 1. The third-order valence-corrected chi connectivity index (χ3v) is 5.26. The van der Waals surface area contributed by atoms with Crippen LogP contribution >= 0.6 is 0 Å². The first-order valence-corrected chi connectivity index (χ1v) is 9.79. The molecule has 1 aliphatic heterocycles. The molecule has 1 aromatic rings. The molecule has 2 aliphatic rings. The maximum Gasteiger partial charge on any atom is 0.317 e. The highest BCUT2D eigenvalue weighted by Gasteiger charge is 2.23. The van der Waals surface area contributed by atoms with Gasteiger partial charge in [0, 0.05) is 37.9 Å². The molecule has 1 N–H and O–H groups in total. The number of rotatable bonds is 4. The third kappa shape index (κ3) is 5.03. The van der Waals surface area contributed by atoms with E-state index in [0.29, 0.717) is 12.6 Å². The summed E-state index contributed by atoms with van der Waals surface area (Å²) < 4.78 is 5.50. The van der Waals surface area contributed by atoms with Crippen LogP contribution in [0.3, 0.4) is 0 Å². The zero-order chi connectivity index (χ0) is 17.5. The number of piperazine rings is 1. The van der Waals surface area contributed by atoms with Crippen LogP contribution in [0, 0.1) is 0 Å². The van der Waals surface area contributed by atoms with E-state index < -0.39 is 0 Å². The van der Waals surface area contributed by atoms with Crippen LogP contribution in [0.5, 0.6) is 5.75 Å². The van der Waals surface area contributed by atoms with Crippen molar-refractivity contribution in [1.82, 2.24) is 10.2 Å². The summed E-state index contributed by atoms with van der Waals surface area (Å²) in [7, 11) is 0. The second kappa shape index (κ2) is 8.97. The van der Waals surface area contributed by atoms with Crippen molar-refractivity contribution in [3.8, 4) is 5.75 Å². The number of nitrogens with one attached hydrogen (secondary N) is 1. The number of hydrogen-bond donors (Lipinski definition) is 1. The van der Waals surface area contributed by atoms with Gasteiger partial charge >= 0.3 is 6.03 Å². The van der Waals surface area contributed by atoms with Gasteiger partial charge in [0.1, 0.15) is 5.75 Å². The fourth-order valence-corrected chi connectivity index (χ4v) is 3.78. The van der Waals surface area contributed by atoms with Gasteiger partial charge in [0.2, 0.25) is 0 Å². The van der Waals surface area contributed by atoms with Crippen LogP contribution in [0.2, 0.25) is 0 Å². The number of anilines is 1. The van der Waals surface area contributed by atoms with Gasteiger partial charge in [-0.25, -0.2) is 4.79 Å². The molecular formula is C20H31N3O2. The van der Waals surface area contributed by atoms with E-state index in [2.05, 4.69) is 22.3 Å². The number of hydrogen-bond acceptors (Lipinski definition) is 3. The maximum absolute atomic E-state index is 12.5. The lowest BCUT2D eigenvalue weighted by molar-refractivity contribution is 0.189. The van der Waals surface area contributed by atoms with Gasteiger partial charge in [0.15, 0.2) is 0 Å². The molecule has 5 nitrogen and oxygen atoms in total. The Hall–Kier alpha value is -1.91. The van der Waals surface area contributed by atoms with Gasteiger partial charge in [0.05, 0.1) is 6.61 Å². The van der Waals surface area contributed by atoms with Crippen molar-refractivity contribution in [2.24, 2.45) is 0 Å². The predicted molar refractivity (Wildman–Crippen MR) is 101 cm³/mol. The maximum atomic E-state index is 12.5. The Labute approximate surface area is 151 Å². The van der Waals surface area contributed by atoms with Gasteiger partial charge in [-0.1, -0.05) is 25.7 Å². The van der Waals surface area contributed by atoms with Gasteiger partial charge in [-0.2, -0.15) is 0 Å². The Morgan fingerprint density at radius 3 is 2.28 bits per heavy atom. The molecular weight excluding hydrogens is 314 g/mol. The smallest absolute Gasteiger partial charge is 0.317 e. The first kappa shape index (κ1) is 17.9. The van der Waals surface area contributed by atoms with E-state index in [0.717, 1.165) is 44.8 Å². The summed E-state index contributed by atoms with van der Waals surface area (Å²) in [6, 6.07) is 8.74. The summed E-state index contributed by atoms with van der Waals surface area (Å²) >= 11 is 0. The molecule has 0 unspecified atom stereocenters. The van der Waals surface area contributed by atoms with Crippen LogP contribution in [-0.4, -0.2) is 49.8 Å². The minimum absolute atomic E-state index is 0.123. The summed E-state index contributed by atoms with van der Waals surface area (Å²) in [5, 5.41) is 3.26. The molecule has 0 bridgehead atoms. The molecule has 1 heterocycles. The van der Waals surface area contributed by atoms with E-state index in [1.165, 1.54) is 31.4 Å². The second-order valence-corrected chi connectivity index (χ2v) is 7.04. The molecule has 0 radical (unpaired) electrons. The molecule has 2 fully saturated rings. The number of nitrogens with zero attached hydrogens (tertiary/aromatic N) is 2. The van der Waals surface area contributed by atoms with Crippen LogP contribution < -0.4 is 15.0 Å². The fourth-order valence-electron chi connectivity index (χ4n) is 3.78. The molecule has 1 aromatic carbocycles. The Morgan fingerprint density at radius 1 is 1.04 bits per heavy atom. The monoisotopic (exact) mass is 345 g/mol. The summed E-state index contributed by atoms with van der Waals surface area (Å²) in [6.45, 7) is 6.01. The molecule has 5 heteroatoms. The van der Waals surface area contributed by atoms with Crippen molar-refractivity contribution in [3.63, 3.8) is 0 Å². The molecule has 25 heavy (non-hydrogen) atoms. The average molecular weight is 345 g/mol. The Kier molecular flexibility index (Phi) is 6.42. The van der Waals surface area contributed by atoms with Crippen LogP contribution in [0.1, 0.15) is 45.4 Å². The van der Waals surface area contributed by atoms with E-state index >= 15 is 0 Å². The van der Waals surface area contributed by atoms with E-state index in [1.807, 2.05) is 24.0 Å². The summed E-state index contributed by atoms with van der Waals surface area (Å²) in [5.74, 6) is 0.910. The van der Waals surface area contributed by atoms with Crippen molar-refractivity contribution in [3.05, 3.63) is 24.3 Å². The molecule has 2 amide bonds. The molecule has 1 saturated carbocycles. The number of urea groups is 1. The normalized spacial score (nSPS) is 19.4. The second-order valence-electron chi connectivity index (χ2n) is 7.04. The van der Waals surface area contributed by atoms with E-state index in [1.54, 1.807) is 0 Å². The van der Waals surface area contributed by atoms with Crippen LogP contribution in [-0.2, 0) is 0 Å². The van der Waals surface area contributed by atoms with Crippen molar-refractivity contribution >= 4 is 11.7 Å². The van der Waals surface area contributed by atoms with Gasteiger partial charge in [0.25, 0.3) is 0 Å². The van der Waals surface area contributed by atoms with Gasteiger partial charge in [-0.15, -0.1) is 0 Å². The number of carbonyl (C=O) groups excluding carboxylic acids is 1. The van der Waals surface area contributed by atoms with E-state index in [9.17, 15) is 4.79 Å². The van der Waals surface area contributed by atoms with E-state index in [4.69, 9.17) is 4.74 Å². The Morgan fingerprint density at radius 2 is 1.68 bits per heavy atom. The Bertz CT molecular complexity index is 530. The molecule has 1 saturated heterocycles. The Balaban J connectivity index is 1.46. The van der Waals surface area contributed by atoms with Crippen molar-refractivity contribution in [1.29, 1.82) is 0 Å². The minimum atomic E-state index is 0.123. The quantitative estimate of drug-likeness (QED) is 0.848. The number of carbonyl (C=O) groups is 1. The molecule has 138 valence electrons.